The number of benzene rings is 2. The fourth-order valence-corrected chi connectivity index (χ4v) is 2.27. The highest BCUT2D eigenvalue weighted by Gasteiger charge is 2.01. The van der Waals surface area contributed by atoms with Crippen LogP contribution in [-0.2, 0) is 13.2 Å². The summed E-state index contributed by atoms with van der Waals surface area (Å²) in [5, 5.41) is 3.41. The van der Waals surface area contributed by atoms with Gasteiger partial charge in [-0.05, 0) is 55.6 Å². The van der Waals surface area contributed by atoms with E-state index in [-0.39, 0.29) is 0 Å². The summed E-state index contributed by atoms with van der Waals surface area (Å²) in [4.78, 5) is 0. The number of rotatable bonds is 7. The Hall–Kier alpha value is -1.80. The minimum atomic E-state index is 0.624. The lowest BCUT2D eigenvalue weighted by atomic mass is 10.1. The van der Waals surface area contributed by atoms with E-state index in [1.54, 1.807) is 0 Å². The second-order valence-corrected chi connectivity index (χ2v) is 5.54. The van der Waals surface area contributed by atoms with E-state index in [0.717, 1.165) is 25.3 Å². The van der Waals surface area contributed by atoms with Gasteiger partial charge in [0.15, 0.2) is 0 Å². The third kappa shape index (κ3) is 4.91. The normalized spacial score (nSPS) is 10.6. The zero-order chi connectivity index (χ0) is 15.1. The average Bonchev–Trinajstić information content (AvgIpc) is 2.49. The highest BCUT2D eigenvalue weighted by molar-refractivity contribution is 5.32. The predicted molar refractivity (Wildman–Crippen MR) is 88.7 cm³/mol. The van der Waals surface area contributed by atoms with Gasteiger partial charge in [0, 0.05) is 6.54 Å². The Kier molecular flexibility index (Phi) is 5.82. The van der Waals surface area contributed by atoms with Gasteiger partial charge in [0.25, 0.3) is 0 Å². The molecule has 0 saturated carbocycles. The first-order valence-electron chi connectivity index (χ1n) is 7.67. The standard InChI is InChI=1S/C19H25NO/c1-4-10-20-13-17-6-5-7-19(12-17)21-14-18-11-15(2)8-9-16(18)3/h5-9,11-12,20H,4,10,13-14H2,1-3H3. The molecule has 2 rings (SSSR count). The molecular formula is C19H25NO. The maximum Gasteiger partial charge on any atom is 0.120 e. The van der Waals surface area contributed by atoms with Crippen molar-refractivity contribution in [1.82, 2.24) is 5.32 Å². The molecule has 0 unspecified atom stereocenters. The predicted octanol–water partition coefficient (Wildman–Crippen LogP) is 4.38. The van der Waals surface area contributed by atoms with Crippen LogP contribution in [0.25, 0.3) is 0 Å². The number of ether oxygens (including phenoxy) is 1. The molecule has 0 aliphatic carbocycles. The minimum absolute atomic E-state index is 0.624. The lowest BCUT2D eigenvalue weighted by molar-refractivity contribution is 0.305. The molecule has 2 aromatic rings. The third-order valence-corrected chi connectivity index (χ3v) is 3.55. The third-order valence-electron chi connectivity index (χ3n) is 3.55. The Morgan fingerprint density at radius 1 is 1.05 bits per heavy atom. The smallest absolute Gasteiger partial charge is 0.120 e. The molecule has 112 valence electrons. The average molecular weight is 283 g/mol. The molecule has 2 nitrogen and oxygen atoms in total. The molecule has 0 saturated heterocycles. The molecule has 0 heterocycles. The molecule has 2 heteroatoms. The number of aryl methyl sites for hydroxylation is 2. The van der Waals surface area contributed by atoms with E-state index in [1.807, 2.05) is 6.07 Å². The van der Waals surface area contributed by atoms with Gasteiger partial charge in [-0.2, -0.15) is 0 Å². The fraction of sp³-hybridized carbons (Fsp3) is 0.368. The van der Waals surface area contributed by atoms with Crippen molar-refractivity contribution in [2.75, 3.05) is 6.54 Å². The lowest BCUT2D eigenvalue weighted by Gasteiger charge is -2.11. The molecule has 0 aliphatic heterocycles. The molecule has 0 aromatic heterocycles. The Balaban J connectivity index is 1.96. The Bertz CT molecular complexity index is 578. The van der Waals surface area contributed by atoms with E-state index in [4.69, 9.17) is 4.74 Å². The fourth-order valence-electron chi connectivity index (χ4n) is 2.27. The topological polar surface area (TPSA) is 21.3 Å². The van der Waals surface area contributed by atoms with E-state index in [9.17, 15) is 0 Å². The van der Waals surface area contributed by atoms with Gasteiger partial charge < -0.3 is 10.1 Å². The van der Waals surface area contributed by atoms with Crippen LogP contribution in [0, 0.1) is 13.8 Å². The second-order valence-electron chi connectivity index (χ2n) is 5.54. The van der Waals surface area contributed by atoms with Gasteiger partial charge >= 0.3 is 0 Å². The highest BCUT2D eigenvalue weighted by Crippen LogP contribution is 2.17. The number of hydrogen-bond donors (Lipinski definition) is 1. The van der Waals surface area contributed by atoms with Crippen molar-refractivity contribution < 1.29 is 4.74 Å². The summed E-state index contributed by atoms with van der Waals surface area (Å²) in [6, 6.07) is 14.8. The van der Waals surface area contributed by atoms with Gasteiger partial charge in [0.05, 0.1) is 0 Å². The van der Waals surface area contributed by atoms with Crippen LogP contribution in [0.3, 0.4) is 0 Å². The van der Waals surface area contributed by atoms with E-state index in [1.165, 1.54) is 22.3 Å². The second kappa shape index (κ2) is 7.84. The van der Waals surface area contributed by atoms with Crippen LogP contribution in [-0.4, -0.2) is 6.54 Å². The minimum Gasteiger partial charge on any atom is -0.489 e. The lowest BCUT2D eigenvalue weighted by Crippen LogP contribution is -2.13. The van der Waals surface area contributed by atoms with E-state index in [2.05, 4.69) is 62.5 Å². The first-order valence-corrected chi connectivity index (χ1v) is 7.67. The number of hydrogen-bond acceptors (Lipinski definition) is 2. The van der Waals surface area contributed by atoms with Gasteiger partial charge in [-0.25, -0.2) is 0 Å². The van der Waals surface area contributed by atoms with Crippen molar-refractivity contribution in [2.45, 2.75) is 40.3 Å². The molecular weight excluding hydrogens is 258 g/mol. The SMILES string of the molecule is CCCNCc1cccc(OCc2cc(C)ccc2C)c1. The largest absolute Gasteiger partial charge is 0.489 e. The summed E-state index contributed by atoms with van der Waals surface area (Å²) in [5.41, 5.74) is 5.07. The molecule has 1 N–H and O–H groups in total. The molecule has 0 radical (unpaired) electrons. The summed E-state index contributed by atoms with van der Waals surface area (Å²) < 4.78 is 5.95. The molecule has 0 fully saturated rings. The quantitative estimate of drug-likeness (QED) is 0.761. The van der Waals surface area contributed by atoms with Crippen LogP contribution in [0.15, 0.2) is 42.5 Å². The summed E-state index contributed by atoms with van der Waals surface area (Å²) >= 11 is 0. The Labute approximate surface area is 128 Å². The van der Waals surface area contributed by atoms with Crippen LogP contribution >= 0.6 is 0 Å². The van der Waals surface area contributed by atoms with Crippen molar-refractivity contribution in [3.8, 4) is 5.75 Å². The van der Waals surface area contributed by atoms with E-state index >= 15 is 0 Å². The zero-order valence-electron chi connectivity index (χ0n) is 13.3. The van der Waals surface area contributed by atoms with E-state index in [0.29, 0.717) is 6.61 Å². The van der Waals surface area contributed by atoms with E-state index < -0.39 is 0 Å². The summed E-state index contributed by atoms with van der Waals surface area (Å²) in [6.07, 6.45) is 1.16. The van der Waals surface area contributed by atoms with Crippen molar-refractivity contribution in [3.63, 3.8) is 0 Å². The summed E-state index contributed by atoms with van der Waals surface area (Å²) in [6.45, 7) is 8.99. The van der Waals surface area contributed by atoms with Crippen molar-refractivity contribution in [2.24, 2.45) is 0 Å². The molecule has 0 spiro atoms. The van der Waals surface area contributed by atoms with Crippen LogP contribution in [0.1, 0.15) is 35.6 Å². The molecule has 0 amide bonds. The van der Waals surface area contributed by atoms with Crippen molar-refractivity contribution >= 4 is 0 Å². The van der Waals surface area contributed by atoms with Gasteiger partial charge in [-0.3, -0.25) is 0 Å². The molecule has 2 aromatic carbocycles. The van der Waals surface area contributed by atoms with Gasteiger partial charge in [0.2, 0.25) is 0 Å². The maximum atomic E-state index is 5.95. The van der Waals surface area contributed by atoms with Crippen LogP contribution in [0.2, 0.25) is 0 Å². The Morgan fingerprint density at radius 2 is 1.90 bits per heavy atom. The summed E-state index contributed by atoms with van der Waals surface area (Å²) in [5.74, 6) is 0.937. The van der Waals surface area contributed by atoms with Gasteiger partial charge in [0.1, 0.15) is 12.4 Å². The van der Waals surface area contributed by atoms with Crippen LogP contribution in [0.5, 0.6) is 5.75 Å². The van der Waals surface area contributed by atoms with Gasteiger partial charge in [-0.1, -0.05) is 42.8 Å². The molecule has 0 bridgehead atoms. The van der Waals surface area contributed by atoms with Crippen LogP contribution < -0.4 is 10.1 Å². The van der Waals surface area contributed by atoms with Gasteiger partial charge in [-0.15, -0.1) is 0 Å². The monoisotopic (exact) mass is 283 g/mol. The molecule has 0 aliphatic rings. The first kappa shape index (κ1) is 15.6. The van der Waals surface area contributed by atoms with Crippen molar-refractivity contribution in [1.29, 1.82) is 0 Å². The van der Waals surface area contributed by atoms with Crippen molar-refractivity contribution in [3.05, 3.63) is 64.7 Å². The first-order chi connectivity index (χ1) is 10.2. The molecule has 0 atom stereocenters. The zero-order valence-corrected chi connectivity index (χ0v) is 13.3. The summed E-state index contributed by atoms with van der Waals surface area (Å²) in [7, 11) is 0. The molecule has 21 heavy (non-hydrogen) atoms. The van der Waals surface area contributed by atoms with Crippen LogP contribution in [0.4, 0.5) is 0 Å². The maximum absolute atomic E-state index is 5.95. The number of nitrogens with one attached hydrogen (secondary N) is 1. The Morgan fingerprint density at radius 3 is 2.71 bits per heavy atom. The highest BCUT2D eigenvalue weighted by atomic mass is 16.5.